The van der Waals surface area contributed by atoms with Crippen molar-refractivity contribution in [2.45, 2.75) is 0 Å². The van der Waals surface area contributed by atoms with Crippen molar-refractivity contribution in [1.82, 2.24) is 4.98 Å². The van der Waals surface area contributed by atoms with E-state index in [1.54, 1.807) is 12.1 Å². The number of ether oxygens (including phenoxy) is 1. The number of rotatable bonds is 4. The second-order valence-corrected chi connectivity index (χ2v) is 3.75. The number of carbonyl (C=O) groups excluding carboxylic acids is 1. The zero-order chi connectivity index (χ0) is 14.7. The molecule has 0 fully saturated rings. The molecule has 0 atom stereocenters. The van der Waals surface area contributed by atoms with E-state index in [1.165, 1.54) is 12.1 Å². The Kier molecular flexibility index (Phi) is 3.60. The number of nitrogens with two attached hydrogens (primary N) is 1. The fourth-order valence-electron chi connectivity index (χ4n) is 1.52. The van der Waals surface area contributed by atoms with Crippen LogP contribution in [-0.2, 0) is 0 Å². The number of pyridine rings is 1. The number of para-hydroxylation sites is 1. The summed E-state index contributed by atoms with van der Waals surface area (Å²) in [5.41, 5.74) is 4.62. The van der Waals surface area contributed by atoms with Gasteiger partial charge in [0.1, 0.15) is 11.3 Å². The number of halogens is 1. The average Bonchev–Trinajstić information content (AvgIpc) is 2.41. The largest absolute Gasteiger partial charge is 0.478 e. The van der Waals surface area contributed by atoms with Gasteiger partial charge in [0.15, 0.2) is 5.82 Å². The number of aromatic nitrogens is 1. The van der Waals surface area contributed by atoms with Gasteiger partial charge in [-0.1, -0.05) is 12.1 Å². The van der Waals surface area contributed by atoms with Crippen molar-refractivity contribution in [2.75, 3.05) is 0 Å². The number of benzene rings is 1. The van der Waals surface area contributed by atoms with Gasteiger partial charge in [-0.05, 0) is 18.2 Å². The minimum Gasteiger partial charge on any atom is -0.478 e. The highest BCUT2D eigenvalue weighted by atomic mass is 19.1. The van der Waals surface area contributed by atoms with Crippen LogP contribution >= 0.6 is 0 Å². The van der Waals surface area contributed by atoms with Gasteiger partial charge in [0.25, 0.3) is 11.8 Å². The van der Waals surface area contributed by atoms with Crippen molar-refractivity contribution in [3.05, 3.63) is 53.5 Å². The second kappa shape index (κ2) is 5.35. The standard InChI is InChI=1S/C13H9FN2O4/c14-10-8(13(18)19)5-6-16-12(10)20-9-4-2-1-3-7(9)11(15)17/h1-6H,(H2,15,17)(H,18,19). The lowest BCUT2D eigenvalue weighted by Gasteiger charge is -2.09. The molecule has 0 radical (unpaired) electrons. The molecule has 0 saturated heterocycles. The summed E-state index contributed by atoms with van der Waals surface area (Å²) in [4.78, 5) is 25.6. The molecule has 2 rings (SSSR count). The van der Waals surface area contributed by atoms with Gasteiger partial charge in [-0.2, -0.15) is 0 Å². The third-order valence-corrected chi connectivity index (χ3v) is 2.45. The molecule has 6 nitrogen and oxygen atoms in total. The lowest BCUT2D eigenvalue weighted by molar-refractivity contribution is 0.0690. The van der Waals surface area contributed by atoms with Crippen LogP contribution in [0.4, 0.5) is 4.39 Å². The molecule has 1 aromatic heterocycles. The molecule has 2 aromatic rings. The molecule has 0 aliphatic heterocycles. The van der Waals surface area contributed by atoms with Crippen molar-refractivity contribution < 1.29 is 23.8 Å². The Morgan fingerprint density at radius 1 is 1.20 bits per heavy atom. The summed E-state index contributed by atoms with van der Waals surface area (Å²) >= 11 is 0. The van der Waals surface area contributed by atoms with E-state index in [0.717, 1.165) is 12.3 Å². The summed E-state index contributed by atoms with van der Waals surface area (Å²) in [7, 11) is 0. The van der Waals surface area contributed by atoms with Crippen molar-refractivity contribution in [2.24, 2.45) is 5.73 Å². The lowest BCUT2D eigenvalue weighted by Crippen LogP contribution is -2.12. The van der Waals surface area contributed by atoms with Crippen molar-refractivity contribution in [1.29, 1.82) is 0 Å². The molecule has 0 bridgehead atoms. The maximum Gasteiger partial charge on any atom is 0.338 e. The third kappa shape index (κ3) is 2.56. The van der Waals surface area contributed by atoms with Gasteiger partial charge >= 0.3 is 5.97 Å². The molecule has 1 amide bonds. The Bertz CT molecular complexity index is 688. The van der Waals surface area contributed by atoms with Crippen LogP contribution in [-0.4, -0.2) is 22.0 Å². The minimum atomic E-state index is -1.45. The van der Waals surface area contributed by atoms with Crippen LogP contribution in [0.1, 0.15) is 20.7 Å². The summed E-state index contributed by atoms with van der Waals surface area (Å²) in [6.45, 7) is 0. The van der Waals surface area contributed by atoms with Gasteiger partial charge in [0.05, 0.1) is 5.56 Å². The number of aromatic carboxylic acids is 1. The normalized spacial score (nSPS) is 10.1. The summed E-state index contributed by atoms with van der Waals surface area (Å²) < 4.78 is 19.0. The summed E-state index contributed by atoms with van der Waals surface area (Å²) in [6.07, 6.45) is 1.09. The second-order valence-electron chi connectivity index (χ2n) is 3.75. The third-order valence-electron chi connectivity index (χ3n) is 2.45. The topological polar surface area (TPSA) is 103 Å². The first kappa shape index (κ1) is 13.5. The number of primary amides is 1. The Morgan fingerprint density at radius 3 is 2.55 bits per heavy atom. The molecule has 1 aromatic carbocycles. The molecule has 0 spiro atoms. The summed E-state index contributed by atoms with van der Waals surface area (Å²) in [5.74, 6) is -3.87. The number of carboxylic acids is 1. The van der Waals surface area contributed by atoms with Crippen LogP contribution in [0.3, 0.4) is 0 Å². The summed E-state index contributed by atoms with van der Waals surface area (Å²) in [6, 6.07) is 6.92. The zero-order valence-corrected chi connectivity index (χ0v) is 10.0. The fraction of sp³-hybridized carbons (Fsp3) is 0. The van der Waals surface area contributed by atoms with Gasteiger partial charge in [-0.15, -0.1) is 0 Å². The van der Waals surface area contributed by atoms with E-state index in [1.807, 2.05) is 0 Å². The monoisotopic (exact) mass is 276 g/mol. The Morgan fingerprint density at radius 2 is 1.90 bits per heavy atom. The quantitative estimate of drug-likeness (QED) is 0.886. The van der Waals surface area contributed by atoms with Gasteiger partial charge in [0.2, 0.25) is 0 Å². The van der Waals surface area contributed by atoms with Crippen molar-refractivity contribution >= 4 is 11.9 Å². The maximum atomic E-state index is 13.9. The molecule has 7 heteroatoms. The van der Waals surface area contributed by atoms with Crippen LogP contribution < -0.4 is 10.5 Å². The molecule has 3 N–H and O–H groups in total. The maximum absolute atomic E-state index is 13.9. The van der Waals surface area contributed by atoms with Crippen LogP contribution in [0, 0.1) is 5.82 Å². The smallest absolute Gasteiger partial charge is 0.338 e. The molecule has 0 saturated carbocycles. The molecule has 1 heterocycles. The van der Waals surface area contributed by atoms with Crippen LogP contribution in [0.2, 0.25) is 0 Å². The van der Waals surface area contributed by atoms with E-state index in [0.29, 0.717) is 0 Å². The highest BCUT2D eigenvalue weighted by Gasteiger charge is 2.18. The Balaban J connectivity index is 2.43. The number of carbonyl (C=O) groups is 2. The average molecular weight is 276 g/mol. The minimum absolute atomic E-state index is 0.00561. The van der Waals surface area contributed by atoms with Gasteiger partial charge < -0.3 is 15.6 Å². The highest BCUT2D eigenvalue weighted by Crippen LogP contribution is 2.26. The number of hydrogen-bond donors (Lipinski definition) is 2. The first-order valence-electron chi connectivity index (χ1n) is 5.45. The zero-order valence-electron chi connectivity index (χ0n) is 10.0. The summed E-state index contributed by atoms with van der Waals surface area (Å²) in [5, 5.41) is 8.80. The van der Waals surface area contributed by atoms with E-state index in [-0.39, 0.29) is 11.3 Å². The van der Waals surface area contributed by atoms with Crippen molar-refractivity contribution in [3.63, 3.8) is 0 Å². The highest BCUT2D eigenvalue weighted by molar-refractivity contribution is 5.95. The number of nitrogens with zero attached hydrogens (tertiary/aromatic N) is 1. The van der Waals surface area contributed by atoms with Gasteiger partial charge in [-0.25, -0.2) is 14.2 Å². The van der Waals surface area contributed by atoms with E-state index in [2.05, 4.69) is 4.98 Å². The molecule has 102 valence electrons. The Labute approximate surface area is 112 Å². The number of carboxylic acid groups (broad SMARTS) is 1. The van der Waals surface area contributed by atoms with Crippen LogP contribution in [0.5, 0.6) is 11.6 Å². The molecular weight excluding hydrogens is 267 g/mol. The van der Waals surface area contributed by atoms with E-state index >= 15 is 0 Å². The van der Waals surface area contributed by atoms with Gasteiger partial charge in [0, 0.05) is 6.20 Å². The molecular formula is C13H9FN2O4. The van der Waals surface area contributed by atoms with E-state index < -0.39 is 29.1 Å². The Hall–Kier alpha value is -2.96. The first-order valence-corrected chi connectivity index (χ1v) is 5.45. The number of amides is 1. The van der Waals surface area contributed by atoms with E-state index in [4.69, 9.17) is 15.6 Å². The molecule has 0 aliphatic carbocycles. The van der Waals surface area contributed by atoms with E-state index in [9.17, 15) is 14.0 Å². The molecule has 20 heavy (non-hydrogen) atoms. The first-order chi connectivity index (χ1) is 9.50. The molecule has 0 unspecified atom stereocenters. The van der Waals surface area contributed by atoms with Crippen molar-refractivity contribution in [3.8, 4) is 11.6 Å². The van der Waals surface area contributed by atoms with Crippen LogP contribution in [0.25, 0.3) is 0 Å². The predicted octanol–water partition coefficient (Wildman–Crippen LogP) is 1.81. The van der Waals surface area contributed by atoms with Gasteiger partial charge in [-0.3, -0.25) is 4.79 Å². The number of hydrogen-bond acceptors (Lipinski definition) is 4. The predicted molar refractivity (Wildman–Crippen MR) is 66.2 cm³/mol. The lowest BCUT2D eigenvalue weighted by atomic mass is 10.2. The SMILES string of the molecule is NC(=O)c1ccccc1Oc1nccc(C(=O)O)c1F. The fourth-order valence-corrected chi connectivity index (χ4v) is 1.52. The van der Waals surface area contributed by atoms with Crippen LogP contribution in [0.15, 0.2) is 36.5 Å². The molecule has 0 aliphatic rings.